The van der Waals surface area contributed by atoms with Crippen molar-refractivity contribution in [3.8, 4) is 0 Å². The third-order valence-corrected chi connectivity index (χ3v) is 12.9. The minimum Gasteiger partial charge on any atom is -0.545 e. The molecule has 0 bridgehead atoms. The van der Waals surface area contributed by atoms with Crippen LogP contribution in [0.25, 0.3) is 0 Å². The molecule has 0 heterocycles. The second-order valence-electron chi connectivity index (χ2n) is 21.6. The molecule has 9 heteroatoms. The first-order valence-electron chi connectivity index (χ1n) is 31.3. The molecule has 0 saturated carbocycles. The second-order valence-corrected chi connectivity index (χ2v) is 21.6. The van der Waals surface area contributed by atoms with Crippen molar-refractivity contribution in [3.05, 3.63) is 134 Å². The van der Waals surface area contributed by atoms with E-state index in [9.17, 15) is 19.5 Å². The third-order valence-electron chi connectivity index (χ3n) is 12.9. The van der Waals surface area contributed by atoms with Gasteiger partial charge in [-0.2, -0.15) is 0 Å². The minimum atomic E-state index is -1.63. The fourth-order valence-corrected chi connectivity index (χ4v) is 8.09. The van der Waals surface area contributed by atoms with Gasteiger partial charge in [-0.05, 0) is 116 Å². The summed E-state index contributed by atoms with van der Waals surface area (Å²) in [6.07, 6.45) is 82.3. The predicted octanol–water partition coefficient (Wildman–Crippen LogP) is 17.7. The molecule has 0 amide bonds. The summed E-state index contributed by atoms with van der Waals surface area (Å²) in [4.78, 5) is 37.3. The number of quaternary nitrogens is 1. The number of unbranched alkanes of at least 4 members (excludes halogenated alkanes) is 19. The number of hydrogen-bond acceptors (Lipinski definition) is 8. The van der Waals surface area contributed by atoms with E-state index in [1.165, 1.54) is 70.6 Å². The molecule has 0 aromatic carbocycles. The Balaban J connectivity index is 4.15. The molecule has 0 aliphatic carbocycles. The molecule has 0 saturated heterocycles. The Kier molecular flexibility index (Phi) is 56.1. The van der Waals surface area contributed by atoms with Gasteiger partial charge in [-0.1, -0.05) is 237 Å². The summed E-state index contributed by atoms with van der Waals surface area (Å²) >= 11 is 0. The van der Waals surface area contributed by atoms with Gasteiger partial charge in [-0.15, -0.1) is 0 Å². The Labute approximate surface area is 484 Å². The SMILES string of the molecule is CC/C=C\C/C=C\C/C=C\C/C=C\C/C=C\C/C=C\C/C=C\C/C=C\C/C=C\CCCCCCCCCCCCCC(=O)OC(COC(=O)CCCCCCC/C=C\C/C=C\CCCCC)COC(OCC[N+](C)(C)C)C(=O)[O-]. The predicted molar refractivity (Wildman–Crippen MR) is 333 cm³/mol. The van der Waals surface area contributed by atoms with Crippen molar-refractivity contribution in [2.24, 2.45) is 0 Å². The van der Waals surface area contributed by atoms with E-state index in [0.29, 0.717) is 17.4 Å². The number of nitrogens with zero attached hydrogens (tertiary/aromatic N) is 1. The van der Waals surface area contributed by atoms with Crippen LogP contribution in [0.4, 0.5) is 0 Å². The standard InChI is InChI=1S/C70H115NO8/c1-6-8-10-12-14-16-18-20-22-23-24-25-26-27-28-29-30-31-32-33-34-35-36-37-38-39-40-41-42-43-44-45-47-49-51-53-55-57-59-61-68(73)79-66(65-78-70(69(74)75)76-63-62-71(3,4)5)64-77-67(72)60-58-56-54-52-50-48-46-21-19-17-15-13-11-9-7-2/h8,10,14-17,20-22,24-25,27-28,30-31,33-34,36-37,39-40,46,66,70H,6-7,9,11-13,18-19,23,26,29,32,35,38,41-45,47-65H2,1-5H3/b10-8-,16-14-,17-15-,22-20-,25-24-,28-27-,31-30-,34-33-,37-36-,40-39-,46-21-. The average Bonchev–Trinajstić information content (AvgIpc) is 3.42. The molecule has 2 unspecified atom stereocenters. The van der Waals surface area contributed by atoms with Gasteiger partial charge < -0.3 is 33.3 Å². The number of ether oxygens (including phenoxy) is 4. The molecule has 0 rings (SSSR count). The molecule has 0 radical (unpaired) electrons. The molecule has 0 aliphatic heterocycles. The van der Waals surface area contributed by atoms with Gasteiger partial charge in [0.05, 0.1) is 40.3 Å². The van der Waals surface area contributed by atoms with E-state index in [0.717, 1.165) is 128 Å². The highest BCUT2D eigenvalue weighted by Gasteiger charge is 2.22. The zero-order valence-electron chi connectivity index (χ0n) is 50.9. The lowest BCUT2D eigenvalue weighted by Gasteiger charge is -2.26. The Morgan fingerprint density at radius 3 is 1.08 bits per heavy atom. The molecule has 0 aliphatic rings. The van der Waals surface area contributed by atoms with Crippen LogP contribution in [0.15, 0.2) is 134 Å². The van der Waals surface area contributed by atoms with Crippen LogP contribution in [0.3, 0.4) is 0 Å². The summed E-state index contributed by atoms with van der Waals surface area (Å²) in [5.41, 5.74) is 0. The van der Waals surface area contributed by atoms with Crippen LogP contribution in [0, 0.1) is 0 Å². The zero-order chi connectivity index (χ0) is 57.6. The van der Waals surface area contributed by atoms with Gasteiger partial charge in [-0.3, -0.25) is 9.59 Å². The Morgan fingerprint density at radius 2 is 0.722 bits per heavy atom. The zero-order valence-corrected chi connectivity index (χ0v) is 50.9. The fourth-order valence-electron chi connectivity index (χ4n) is 8.09. The molecule has 448 valence electrons. The van der Waals surface area contributed by atoms with Crippen LogP contribution >= 0.6 is 0 Å². The number of carboxylic acids is 1. The smallest absolute Gasteiger partial charge is 0.306 e. The van der Waals surface area contributed by atoms with E-state index in [4.69, 9.17) is 18.9 Å². The second kappa shape index (κ2) is 59.5. The maximum absolute atomic E-state index is 12.9. The highest BCUT2D eigenvalue weighted by atomic mass is 16.7. The van der Waals surface area contributed by atoms with Gasteiger partial charge in [-0.25, -0.2) is 0 Å². The molecular weight excluding hydrogens is 983 g/mol. The minimum absolute atomic E-state index is 0.139. The maximum Gasteiger partial charge on any atom is 0.306 e. The average molecular weight is 1100 g/mol. The Bertz CT molecular complexity index is 1750. The van der Waals surface area contributed by atoms with E-state index in [2.05, 4.69) is 148 Å². The van der Waals surface area contributed by atoms with Gasteiger partial charge in [0.1, 0.15) is 13.2 Å². The molecule has 0 fully saturated rings. The summed E-state index contributed by atoms with van der Waals surface area (Å²) in [5, 5.41) is 11.8. The van der Waals surface area contributed by atoms with E-state index in [1.54, 1.807) is 0 Å². The monoisotopic (exact) mass is 1100 g/mol. The lowest BCUT2D eigenvalue weighted by Crippen LogP contribution is -2.44. The van der Waals surface area contributed by atoms with Crippen LogP contribution < -0.4 is 5.11 Å². The molecule has 79 heavy (non-hydrogen) atoms. The third kappa shape index (κ3) is 60.9. The lowest BCUT2D eigenvalue weighted by atomic mass is 10.0. The number of carboxylic acid groups (broad SMARTS) is 1. The van der Waals surface area contributed by atoms with Gasteiger partial charge in [0, 0.05) is 12.8 Å². The van der Waals surface area contributed by atoms with Crippen molar-refractivity contribution in [2.45, 2.75) is 245 Å². The molecule has 0 spiro atoms. The first-order valence-corrected chi connectivity index (χ1v) is 31.3. The van der Waals surface area contributed by atoms with Gasteiger partial charge in [0.15, 0.2) is 12.4 Å². The number of aliphatic carboxylic acids is 1. The number of carbonyl (C=O) groups is 3. The highest BCUT2D eigenvalue weighted by molar-refractivity contribution is 5.70. The number of allylic oxidation sites excluding steroid dienone is 22. The van der Waals surface area contributed by atoms with Crippen LogP contribution in [-0.2, 0) is 33.3 Å². The van der Waals surface area contributed by atoms with E-state index in [1.807, 2.05) is 21.1 Å². The molecule has 2 atom stereocenters. The summed E-state index contributed by atoms with van der Waals surface area (Å²) in [7, 11) is 5.91. The highest BCUT2D eigenvalue weighted by Crippen LogP contribution is 2.15. The van der Waals surface area contributed by atoms with Crippen molar-refractivity contribution >= 4 is 17.9 Å². The van der Waals surface area contributed by atoms with E-state index < -0.39 is 24.3 Å². The normalized spacial score (nSPS) is 13.7. The summed E-state index contributed by atoms with van der Waals surface area (Å²) < 4.78 is 22.7. The fraction of sp³-hybridized carbons (Fsp3) is 0.643. The van der Waals surface area contributed by atoms with E-state index in [-0.39, 0.29) is 38.6 Å². The molecular formula is C70H115NO8. The lowest BCUT2D eigenvalue weighted by molar-refractivity contribution is -0.870. The quantitative estimate of drug-likeness (QED) is 0.0195. The summed E-state index contributed by atoms with van der Waals surface area (Å²) in [5.74, 6) is -2.32. The van der Waals surface area contributed by atoms with Gasteiger partial charge in [0.2, 0.25) is 0 Å². The molecule has 0 aromatic heterocycles. The Hall–Kier alpha value is -4.57. The van der Waals surface area contributed by atoms with Crippen LogP contribution in [-0.4, -0.2) is 82.3 Å². The van der Waals surface area contributed by atoms with Crippen LogP contribution in [0.1, 0.15) is 232 Å². The van der Waals surface area contributed by atoms with Gasteiger partial charge >= 0.3 is 11.9 Å². The summed E-state index contributed by atoms with van der Waals surface area (Å²) in [6, 6.07) is 0. The number of carbonyl (C=O) groups excluding carboxylic acids is 3. The first kappa shape index (κ1) is 74.4. The molecule has 0 aromatic rings. The maximum atomic E-state index is 12.9. The summed E-state index contributed by atoms with van der Waals surface area (Å²) in [6.45, 7) is 4.57. The van der Waals surface area contributed by atoms with Crippen molar-refractivity contribution in [3.63, 3.8) is 0 Å². The molecule has 0 N–H and O–H groups in total. The van der Waals surface area contributed by atoms with Crippen LogP contribution in [0.5, 0.6) is 0 Å². The largest absolute Gasteiger partial charge is 0.545 e. The van der Waals surface area contributed by atoms with Crippen molar-refractivity contribution in [2.75, 3.05) is 47.5 Å². The number of likely N-dealkylation sites (N-methyl/N-ethyl adjacent to an activating group) is 1. The number of rotatable bonds is 56. The first-order chi connectivity index (χ1) is 38.6. The Morgan fingerprint density at radius 1 is 0.392 bits per heavy atom. The number of hydrogen-bond donors (Lipinski definition) is 0. The van der Waals surface area contributed by atoms with Crippen molar-refractivity contribution in [1.29, 1.82) is 0 Å². The molecule has 9 nitrogen and oxygen atoms in total. The van der Waals surface area contributed by atoms with E-state index >= 15 is 0 Å². The van der Waals surface area contributed by atoms with Crippen LogP contribution in [0.2, 0.25) is 0 Å². The van der Waals surface area contributed by atoms with Crippen molar-refractivity contribution < 1.29 is 42.9 Å². The topological polar surface area (TPSA) is 111 Å². The number of esters is 2. The van der Waals surface area contributed by atoms with Crippen molar-refractivity contribution in [1.82, 2.24) is 0 Å². The van der Waals surface area contributed by atoms with Gasteiger partial charge in [0.25, 0.3) is 0 Å².